The van der Waals surface area contributed by atoms with E-state index in [1.165, 1.54) is 18.6 Å². The summed E-state index contributed by atoms with van der Waals surface area (Å²) >= 11 is 2.99. The molecule has 0 saturated carbocycles. The van der Waals surface area contributed by atoms with Gasteiger partial charge in [-0.3, -0.25) is 10.1 Å². The van der Waals surface area contributed by atoms with Crippen LogP contribution in [0.3, 0.4) is 0 Å². The van der Waals surface area contributed by atoms with Gasteiger partial charge in [0.2, 0.25) is 0 Å². The number of halogens is 2. The highest BCUT2D eigenvalue weighted by Crippen LogP contribution is 2.30. The molecule has 1 aromatic heterocycles. The van der Waals surface area contributed by atoms with E-state index in [0.29, 0.717) is 6.54 Å². The van der Waals surface area contributed by atoms with Crippen LogP contribution in [0.4, 0.5) is 15.8 Å². The lowest BCUT2D eigenvalue weighted by molar-refractivity contribution is -0.384. The van der Waals surface area contributed by atoms with E-state index in [2.05, 4.69) is 21.2 Å². The number of benzene rings is 1. The highest BCUT2D eigenvalue weighted by atomic mass is 79.9. The van der Waals surface area contributed by atoms with Gasteiger partial charge in [0.15, 0.2) is 0 Å². The smallest absolute Gasteiger partial charge is 0.295 e. The number of nitrogens with one attached hydrogen (secondary N) is 1. The van der Waals surface area contributed by atoms with Gasteiger partial charge in [-0.25, -0.2) is 4.39 Å². The first-order chi connectivity index (χ1) is 8.58. The van der Waals surface area contributed by atoms with Gasteiger partial charge in [0.1, 0.15) is 11.5 Å². The predicted molar refractivity (Wildman–Crippen MR) is 66.8 cm³/mol. The lowest BCUT2D eigenvalue weighted by Crippen LogP contribution is -2.02. The van der Waals surface area contributed by atoms with Crippen molar-refractivity contribution in [1.82, 2.24) is 0 Å². The van der Waals surface area contributed by atoms with Crippen LogP contribution >= 0.6 is 15.9 Å². The van der Waals surface area contributed by atoms with Crippen molar-refractivity contribution in [3.8, 4) is 0 Å². The second-order valence-electron chi connectivity index (χ2n) is 3.53. The Kier molecular flexibility index (Phi) is 3.61. The minimum absolute atomic E-state index is 0.169. The number of nitro benzene ring substituents is 1. The number of anilines is 1. The average molecular weight is 315 g/mol. The number of hydrogen-bond donors (Lipinski definition) is 1. The Morgan fingerprint density at radius 1 is 1.50 bits per heavy atom. The Balaban J connectivity index is 2.25. The average Bonchev–Trinajstić information content (AvgIpc) is 2.83. The largest absolute Gasteiger partial charge is 0.472 e. The lowest BCUT2D eigenvalue weighted by Gasteiger charge is -2.06. The minimum atomic E-state index is -0.671. The maximum atomic E-state index is 13.2. The number of nitro groups is 1. The molecule has 2 aromatic rings. The van der Waals surface area contributed by atoms with Crippen LogP contribution in [0.1, 0.15) is 5.56 Å². The molecule has 94 valence electrons. The zero-order chi connectivity index (χ0) is 13.1. The first-order valence-electron chi connectivity index (χ1n) is 4.96. The van der Waals surface area contributed by atoms with E-state index in [9.17, 15) is 14.5 Å². The van der Waals surface area contributed by atoms with Crippen molar-refractivity contribution in [3.63, 3.8) is 0 Å². The molecule has 0 aliphatic carbocycles. The summed E-state index contributed by atoms with van der Waals surface area (Å²) in [5, 5.41) is 13.7. The van der Waals surface area contributed by atoms with Crippen molar-refractivity contribution < 1.29 is 13.7 Å². The van der Waals surface area contributed by atoms with Gasteiger partial charge in [-0.05, 0) is 28.1 Å². The Hall–Kier alpha value is -1.89. The van der Waals surface area contributed by atoms with E-state index >= 15 is 0 Å². The van der Waals surface area contributed by atoms with Crippen LogP contribution < -0.4 is 5.32 Å². The molecule has 2 rings (SSSR count). The first-order valence-corrected chi connectivity index (χ1v) is 5.75. The van der Waals surface area contributed by atoms with Crippen LogP contribution in [-0.4, -0.2) is 4.92 Å². The standard InChI is InChI=1S/C11H8BrFN2O3/c12-8-3-10(11(15(16)17)4-9(8)13)14-5-7-1-2-18-6-7/h1-4,6,14H,5H2. The van der Waals surface area contributed by atoms with Crippen LogP contribution in [0.5, 0.6) is 0 Å². The van der Waals surface area contributed by atoms with Crippen molar-refractivity contribution in [2.75, 3.05) is 5.32 Å². The summed E-state index contributed by atoms with van der Waals surface area (Å²) in [6, 6.07) is 3.95. The quantitative estimate of drug-likeness (QED) is 0.690. The van der Waals surface area contributed by atoms with Gasteiger partial charge in [-0.15, -0.1) is 0 Å². The third-order valence-electron chi connectivity index (χ3n) is 2.30. The normalized spacial score (nSPS) is 10.3. The van der Waals surface area contributed by atoms with Crippen molar-refractivity contribution in [2.45, 2.75) is 6.54 Å². The topological polar surface area (TPSA) is 68.3 Å². The molecule has 0 atom stereocenters. The van der Waals surface area contributed by atoms with Gasteiger partial charge in [-0.2, -0.15) is 0 Å². The van der Waals surface area contributed by atoms with E-state index < -0.39 is 10.7 Å². The highest BCUT2D eigenvalue weighted by Gasteiger charge is 2.17. The molecule has 0 bridgehead atoms. The fourth-order valence-electron chi connectivity index (χ4n) is 1.42. The minimum Gasteiger partial charge on any atom is -0.472 e. The van der Waals surface area contributed by atoms with Crippen molar-refractivity contribution in [3.05, 3.63) is 56.7 Å². The maximum absolute atomic E-state index is 13.2. The summed E-state index contributed by atoms with van der Waals surface area (Å²) in [5.74, 6) is -0.671. The molecule has 7 heteroatoms. The second kappa shape index (κ2) is 5.18. The molecule has 0 amide bonds. The van der Waals surface area contributed by atoms with E-state index in [1.807, 2.05) is 0 Å². The van der Waals surface area contributed by atoms with E-state index in [4.69, 9.17) is 4.42 Å². The zero-order valence-electron chi connectivity index (χ0n) is 9.02. The summed E-state index contributed by atoms with van der Waals surface area (Å²) in [7, 11) is 0. The molecule has 5 nitrogen and oxygen atoms in total. The Labute approximate surface area is 110 Å². The van der Waals surface area contributed by atoms with Crippen LogP contribution in [-0.2, 0) is 6.54 Å². The van der Waals surface area contributed by atoms with Gasteiger partial charge in [0.25, 0.3) is 5.69 Å². The molecular weight excluding hydrogens is 307 g/mol. The molecule has 0 spiro atoms. The molecule has 18 heavy (non-hydrogen) atoms. The fourth-order valence-corrected chi connectivity index (χ4v) is 1.76. The Morgan fingerprint density at radius 3 is 2.89 bits per heavy atom. The third-order valence-corrected chi connectivity index (χ3v) is 2.91. The van der Waals surface area contributed by atoms with Crippen LogP contribution in [0.25, 0.3) is 0 Å². The molecule has 1 heterocycles. The summed E-state index contributed by atoms with van der Waals surface area (Å²) in [6.07, 6.45) is 3.03. The van der Waals surface area contributed by atoms with Crippen molar-refractivity contribution in [1.29, 1.82) is 0 Å². The molecule has 0 radical (unpaired) electrons. The Morgan fingerprint density at radius 2 is 2.28 bits per heavy atom. The van der Waals surface area contributed by atoms with Gasteiger partial charge in [-0.1, -0.05) is 0 Å². The molecule has 0 saturated heterocycles. The Bertz CT molecular complexity index is 572. The molecule has 1 aromatic carbocycles. The molecular formula is C11H8BrFN2O3. The zero-order valence-corrected chi connectivity index (χ0v) is 10.6. The van der Waals surface area contributed by atoms with E-state index in [-0.39, 0.29) is 15.8 Å². The number of rotatable bonds is 4. The monoisotopic (exact) mass is 314 g/mol. The number of furan rings is 1. The van der Waals surface area contributed by atoms with Crippen molar-refractivity contribution >= 4 is 27.3 Å². The number of hydrogen-bond acceptors (Lipinski definition) is 4. The molecule has 0 unspecified atom stereocenters. The number of nitrogens with zero attached hydrogens (tertiary/aromatic N) is 1. The SMILES string of the molecule is O=[N+]([O-])c1cc(F)c(Br)cc1NCc1ccoc1. The van der Waals surface area contributed by atoms with Gasteiger partial charge in [0, 0.05) is 12.1 Å². The highest BCUT2D eigenvalue weighted by molar-refractivity contribution is 9.10. The van der Waals surface area contributed by atoms with Crippen molar-refractivity contribution in [2.24, 2.45) is 0 Å². The molecule has 0 aliphatic heterocycles. The van der Waals surface area contributed by atoms with E-state index in [0.717, 1.165) is 11.6 Å². The molecule has 0 aliphatic rings. The van der Waals surface area contributed by atoms with Crippen LogP contribution in [0.15, 0.2) is 39.6 Å². The fraction of sp³-hybridized carbons (Fsp3) is 0.0909. The van der Waals surface area contributed by atoms with Gasteiger partial charge >= 0.3 is 0 Å². The summed E-state index contributed by atoms with van der Waals surface area (Å²) in [5.41, 5.74) is 0.776. The lowest BCUT2D eigenvalue weighted by atomic mass is 10.2. The first kappa shape index (κ1) is 12.6. The summed E-state index contributed by atoms with van der Waals surface area (Å²) in [4.78, 5) is 10.2. The maximum Gasteiger partial charge on any atom is 0.295 e. The second-order valence-corrected chi connectivity index (χ2v) is 4.38. The third kappa shape index (κ3) is 2.67. The van der Waals surface area contributed by atoms with Crippen LogP contribution in [0, 0.1) is 15.9 Å². The summed E-state index contributed by atoms with van der Waals surface area (Å²) in [6.45, 7) is 0.357. The van der Waals surface area contributed by atoms with Crippen LogP contribution in [0.2, 0.25) is 0 Å². The molecule has 0 fully saturated rings. The van der Waals surface area contributed by atoms with Gasteiger partial charge in [0.05, 0.1) is 28.0 Å². The predicted octanol–water partition coefficient (Wildman–Crippen LogP) is 3.70. The summed E-state index contributed by atoms with van der Waals surface area (Å²) < 4.78 is 18.3. The van der Waals surface area contributed by atoms with E-state index in [1.54, 1.807) is 6.07 Å². The molecule has 1 N–H and O–H groups in total. The van der Waals surface area contributed by atoms with Gasteiger partial charge < -0.3 is 9.73 Å².